The molecule has 3 fully saturated rings. The molecule has 4 rings (SSSR count). The molecule has 0 N–H and O–H groups in total. The Morgan fingerprint density at radius 2 is 1.57 bits per heavy atom. The van der Waals surface area contributed by atoms with Crippen molar-refractivity contribution >= 4 is 35.6 Å². The highest BCUT2D eigenvalue weighted by Crippen LogP contribution is 2.68. The van der Waals surface area contributed by atoms with Gasteiger partial charge in [0, 0.05) is 39.5 Å². The van der Waals surface area contributed by atoms with E-state index < -0.39 is 106 Å². The average Bonchev–Trinajstić information content (AvgIpc) is 3.31. The molecule has 1 heterocycles. The standard InChI is InChI=1S/C32H44O12/c1-15(2)27(38)42-24-16(3)13-32(44-20(7)36)23(24)26(40-17(4)33)31-14-39-30(10,28(32)41-18(5)34)25(31)21(11-12-22(31)37)29(8,9)43-19(6)35/h11-12,15-16,21,23-26,28H,13-14H2,1-10H3/t16-,21-,23+,24-,25-,26+,28-,30-,31-,32+/m0/s1. The van der Waals surface area contributed by atoms with Crippen molar-refractivity contribution in [3.05, 3.63) is 12.2 Å². The second kappa shape index (κ2) is 11.3. The molecule has 0 unspecified atom stereocenters. The monoisotopic (exact) mass is 620 g/mol. The van der Waals surface area contributed by atoms with Crippen molar-refractivity contribution in [2.45, 2.75) is 111 Å². The quantitative estimate of drug-likeness (QED) is 0.303. The van der Waals surface area contributed by atoms with Crippen molar-refractivity contribution in [1.82, 2.24) is 0 Å². The third-order valence-electron chi connectivity index (χ3n) is 9.83. The van der Waals surface area contributed by atoms with Gasteiger partial charge in [-0.3, -0.25) is 28.8 Å². The molecule has 0 amide bonds. The van der Waals surface area contributed by atoms with E-state index in [1.165, 1.54) is 33.8 Å². The van der Waals surface area contributed by atoms with Crippen LogP contribution in [-0.4, -0.2) is 77.4 Å². The lowest BCUT2D eigenvalue weighted by Gasteiger charge is -2.50. The molecular weight excluding hydrogens is 576 g/mol. The zero-order valence-corrected chi connectivity index (χ0v) is 27.1. The molecule has 0 spiro atoms. The van der Waals surface area contributed by atoms with E-state index in [9.17, 15) is 28.8 Å². The van der Waals surface area contributed by atoms with Crippen LogP contribution in [0.25, 0.3) is 0 Å². The molecule has 2 saturated carbocycles. The van der Waals surface area contributed by atoms with E-state index in [0.29, 0.717) is 0 Å². The Morgan fingerprint density at radius 3 is 2.09 bits per heavy atom. The summed E-state index contributed by atoms with van der Waals surface area (Å²) in [6.45, 7) is 14.8. The zero-order valence-electron chi connectivity index (χ0n) is 27.1. The van der Waals surface area contributed by atoms with Gasteiger partial charge < -0.3 is 28.4 Å². The first-order chi connectivity index (χ1) is 20.2. The Balaban J connectivity index is 2.12. The molecule has 44 heavy (non-hydrogen) atoms. The van der Waals surface area contributed by atoms with Crippen LogP contribution < -0.4 is 0 Å². The van der Waals surface area contributed by atoms with Crippen LogP contribution in [0.5, 0.6) is 0 Å². The first-order valence-electron chi connectivity index (χ1n) is 15.0. The Bertz CT molecular complexity index is 1280. The lowest BCUT2D eigenvalue weighted by Crippen LogP contribution is -2.64. The van der Waals surface area contributed by atoms with Crippen LogP contribution in [0.4, 0.5) is 0 Å². The van der Waals surface area contributed by atoms with Gasteiger partial charge in [-0.2, -0.15) is 0 Å². The Kier molecular flexibility index (Phi) is 8.60. The largest absolute Gasteiger partial charge is 0.461 e. The van der Waals surface area contributed by atoms with Gasteiger partial charge in [-0.05, 0) is 39.2 Å². The van der Waals surface area contributed by atoms with Crippen molar-refractivity contribution < 1.29 is 57.2 Å². The number of carbonyl (C=O) groups excluding carboxylic acids is 6. The van der Waals surface area contributed by atoms with Gasteiger partial charge in [0.25, 0.3) is 0 Å². The summed E-state index contributed by atoms with van der Waals surface area (Å²) in [6.07, 6.45) is -0.697. The molecule has 244 valence electrons. The van der Waals surface area contributed by atoms with Gasteiger partial charge in [-0.15, -0.1) is 0 Å². The highest BCUT2D eigenvalue weighted by molar-refractivity contribution is 5.98. The minimum atomic E-state index is -1.76. The van der Waals surface area contributed by atoms with Crippen LogP contribution in [0, 0.1) is 35.0 Å². The van der Waals surface area contributed by atoms with Crippen molar-refractivity contribution in [3.8, 4) is 0 Å². The molecule has 12 nitrogen and oxygen atoms in total. The predicted octanol–water partition coefficient (Wildman–Crippen LogP) is 2.88. The fourth-order valence-electron chi connectivity index (χ4n) is 8.57. The summed E-state index contributed by atoms with van der Waals surface area (Å²) in [5.41, 5.74) is -6.16. The van der Waals surface area contributed by atoms with Crippen LogP contribution in [0.2, 0.25) is 0 Å². The third-order valence-corrected chi connectivity index (χ3v) is 9.83. The van der Waals surface area contributed by atoms with E-state index in [2.05, 4.69) is 0 Å². The first kappa shape index (κ1) is 33.6. The minimum absolute atomic E-state index is 0.0321. The van der Waals surface area contributed by atoms with Crippen LogP contribution in [-0.2, 0) is 57.2 Å². The van der Waals surface area contributed by atoms with Crippen LogP contribution >= 0.6 is 0 Å². The first-order valence-corrected chi connectivity index (χ1v) is 15.0. The van der Waals surface area contributed by atoms with Gasteiger partial charge in [0.05, 0.1) is 18.4 Å². The number of ketones is 1. The van der Waals surface area contributed by atoms with Crippen molar-refractivity contribution in [1.29, 1.82) is 0 Å². The maximum absolute atomic E-state index is 14.4. The SMILES string of the molecule is CC(=O)O[C@@H]1[C@H]2[C@@H](OC(=O)C(C)C)[C@@H](C)C[C@]2(OC(C)=O)[C@@H](OC(C)=O)[C@@]2(C)OC[C@@]13C(=O)C=C[C@H](C(C)(C)OC(C)=O)[C@@H]23. The molecule has 0 aromatic carbocycles. The summed E-state index contributed by atoms with van der Waals surface area (Å²) < 4.78 is 36.8. The molecule has 12 heteroatoms. The van der Waals surface area contributed by atoms with Crippen molar-refractivity contribution in [2.75, 3.05) is 6.61 Å². The molecule has 1 aliphatic heterocycles. The smallest absolute Gasteiger partial charge is 0.308 e. The molecule has 10 atom stereocenters. The van der Waals surface area contributed by atoms with Crippen LogP contribution in [0.15, 0.2) is 12.2 Å². The highest BCUT2D eigenvalue weighted by atomic mass is 16.6. The summed E-state index contributed by atoms with van der Waals surface area (Å²) in [6, 6.07) is 0. The number of hydrogen-bond acceptors (Lipinski definition) is 12. The van der Waals surface area contributed by atoms with E-state index >= 15 is 0 Å². The Morgan fingerprint density at radius 1 is 0.955 bits per heavy atom. The average molecular weight is 621 g/mol. The fourth-order valence-corrected chi connectivity index (χ4v) is 8.57. The van der Waals surface area contributed by atoms with Crippen molar-refractivity contribution in [3.63, 3.8) is 0 Å². The number of carbonyl (C=O) groups is 6. The minimum Gasteiger partial charge on any atom is -0.461 e. The summed E-state index contributed by atoms with van der Waals surface area (Å²) in [4.78, 5) is 78.4. The van der Waals surface area contributed by atoms with Crippen LogP contribution in [0.1, 0.15) is 75.7 Å². The number of allylic oxidation sites excluding steroid dienone is 1. The van der Waals surface area contributed by atoms with Crippen molar-refractivity contribution in [2.24, 2.45) is 35.0 Å². The van der Waals surface area contributed by atoms with E-state index in [0.717, 1.165) is 0 Å². The number of rotatable bonds is 7. The molecule has 3 aliphatic carbocycles. The summed E-state index contributed by atoms with van der Waals surface area (Å²) in [5, 5.41) is 0. The normalized spacial score (nSPS) is 39.1. The maximum Gasteiger partial charge on any atom is 0.308 e. The number of ether oxygens (including phenoxy) is 6. The summed E-state index contributed by atoms with van der Waals surface area (Å²) in [5.74, 6) is -7.50. The molecule has 0 aromatic heterocycles. The van der Waals surface area contributed by atoms with E-state index in [4.69, 9.17) is 28.4 Å². The third kappa shape index (κ3) is 5.12. The Labute approximate surface area is 257 Å². The lowest BCUT2D eigenvalue weighted by molar-refractivity contribution is -0.244. The number of hydrogen-bond donors (Lipinski definition) is 0. The molecule has 2 bridgehead atoms. The maximum atomic E-state index is 14.4. The molecule has 0 radical (unpaired) electrons. The van der Waals surface area contributed by atoms with Crippen LogP contribution in [0.3, 0.4) is 0 Å². The number of fused-ring (bicyclic) bond motifs is 1. The van der Waals surface area contributed by atoms with Gasteiger partial charge in [-0.25, -0.2) is 0 Å². The van der Waals surface area contributed by atoms with E-state index in [-0.39, 0.29) is 13.0 Å². The molecule has 1 saturated heterocycles. The van der Waals surface area contributed by atoms with E-state index in [1.54, 1.807) is 47.6 Å². The molecule has 0 aromatic rings. The second-order valence-electron chi connectivity index (χ2n) is 13.8. The van der Waals surface area contributed by atoms with E-state index in [1.807, 2.05) is 0 Å². The fraction of sp³-hybridized carbons (Fsp3) is 0.750. The van der Waals surface area contributed by atoms with Gasteiger partial charge >= 0.3 is 29.8 Å². The van der Waals surface area contributed by atoms with Gasteiger partial charge in [0.2, 0.25) is 0 Å². The molecular formula is C32H44O12. The zero-order chi connectivity index (χ0) is 33.2. The topological polar surface area (TPSA) is 158 Å². The van der Waals surface area contributed by atoms with Gasteiger partial charge in [-0.1, -0.05) is 26.8 Å². The summed E-state index contributed by atoms with van der Waals surface area (Å²) in [7, 11) is 0. The van der Waals surface area contributed by atoms with Gasteiger partial charge in [0.15, 0.2) is 17.5 Å². The highest BCUT2D eigenvalue weighted by Gasteiger charge is 2.82. The Hall–Kier alpha value is -3.28. The summed E-state index contributed by atoms with van der Waals surface area (Å²) >= 11 is 0. The second-order valence-corrected chi connectivity index (χ2v) is 13.8. The lowest BCUT2D eigenvalue weighted by atomic mass is 9.54. The predicted molar refractivity (Wildman–Crippen MR) is 151 cm³/mol. The molecule has 4 aliphatic rings. The van der Waals surface area contributed by atoms with Gasteiger partial charge in [0.1, 0.15) is 28.8 Å². The number of esters is 5.